The van der Waals surface area contributed by atoms with Crippen molar-refractivity contribution in [2.45, 2.75) is 32.2 Å². The molecule has 5 heteroatoms. The zero-order valence-corrected chi connectivity index (χ0v) is 11.3. The number of piperidine rings is 1. The molecule has 2 heterocycles. The molecule has 1 aromatic heterocycles. The number of carbonyl (C=O) groups is 1. The van der Waals surface area contributed by atoms with Crippen LogP contribution in [0.5, 0.6) is 0 Å². The largest absolute Gasteiger partial charge is 0.322 e. The molecule has 1 N–H and O–H groups in total. The Hall–Kier alpha value is -1.13. The third-order valence-corrected chi connectivity index (χ3v) is 3.62. The summed E-state index contributed by atoms with van der Waals surface area (Å²) in [6.45, 7) is 3.59. The summed E-state index contributed by atoms with van der Waals surface area (Å²) in [4.78, 5) is 18.1. The van der Waals surface area contributed by atoms with Gasteiger partial charge >= 0.3 is 0 Å². The van der Waals surface area contributed by atoms with E-state index in [-0.39, 0.29) is 5.91 Å². The number of hydrogen-bond donors (Lipinski definition) is 1. The van der Waals surface area contributed by atoms with Crippen molar-refractivity contribution < 1.29 is 4.79 Å². The van der Waals surface area contributed by atoms with Gasteiger partial charge in [0.1, 0.15) is 0 Å². The Morgan fingerprint density at radius 1 is 1.61 bits per heavy atom. The van der Waals surface area contributed by atoms with Gasteiger partial charge in [0.05, 0.1) is 12.2 Å². The van der Waals surface area contributed by atoms with Crippen molar-refractivity contribution in [2.75, 3.05) is 18.4 Å². The Kier molecular flexibility index (Phi) is 4.55. The lowest BCUT2D eigenvalue weighted by Crippen LogP contribution is -2.42. The predicted molar refractivity (Wildman–Crippen MR) is 72.8 cm³/mol. The zero-order chi connectivity index (χ0) is 13.0. The molecule has 0 spiro atoms. The number of pyridine rings is 1. The lowest BCUT2D eigenvalue weighted by molar-refractivity contribution is -0.118. The minimum atomic E-state index is -0.0290. The summed E-state index contributed by atoms with van der Waals surface area (Å²) in [6, 6.07) is 3.99. The molecule has 0 saturated carbocycles. The standard InChI is InChI=1S/C13H18ClN3O/c1-10-5-2-3-8-17(10)9-12(18)16-11-6-4-7-15-13(11)14/h4,6-7,10H,2-3,5,8-9H2,1H3,(H,16,18)/t10-/m0/s1. The summed E-state index contributed by atoms with van der Waals surface area (Å²) in [5.74, 6) is -0.0290. The molecular formula is C13H18ClN3O. The van der Waals surface area contributed by atoms with Crippen molar-refractivity contribution >= 4 is 23.2 Å². The summed E-state index contributed by atoms with van der Waals surface area (Å²) in [7, 11) is 0. The van der Waals surface area contributed by atoms with Crippen LogP contribution < -0.4 is 5.32 Å². The van der Waals surface area contributed by atoms with Gasteiger partial charge in [-0.3, -0.25) is 9.69 Å². The van der Waals surface area contributed by atoms with Crippen LogP contribution >= 0.6 is 11.6 Å². The first-order chi connectivity index (χ1) is 8.66. The van der Waals surface area contributed by atoms with Gasteiger partial charge in [-0.1, -0.05) is 18.0 Å². The molecule has 1 amide bonds. The number of aromatic nitrogens is 1. The Balaban J connectivity index is 1.90. The van der Waals surface area contributed by atoms with E-state index in [1.54, 1.807) is 18.3 Å². The second kappa shape index (κ2) is 6.16. The fourth-order valence-corrected chi connectivity index (χ4v) is 2.41. The van der Waals surface area contributed by atoms with Crippen molar-refractivity contribution in [1.82, 2.24) is 9.88 Å². The number of nitrogens with one attached hydrogen (secondary N) is 1. The SMILES string of the molecule is C[C@H]1CCCCN1CC(=O)Nc1cccnc1Cl. The zero-order valence-electron chi connectivity index (χ0n) is 10.5. The highest BCUT2D eigenvalue weighted by Crippen LogP contribution is 2.19. The van der Waals surface area contributed by atoms with Crippen LogP contribution in [0.4, 0.5) is 5.69 Å². The average molecular weight is 268 g/mol. The number of anilines is 1. The van der Waals surface area contributed by atoms with Crippen LogP contribution in [-0.2, 0) is 4.79 Å². The Morgan fingerprint density at radius 2 is 2.44 bits per heavy atom. The van der Waals surface area contributed by atoms with E-state index < -0.39 is 0 Å². The normalized spacial score (nSPS) is 20.7. The molecule has 1 saturated heterocycles. The summed E-state index contributed by atoms with van der Waals surface area (Å²) >= 11 is 5.90. The van der Waals surface area contributed by atoms with Crippen LogP contribution in [-0.4, -0.2) is 34.9 Å². The second-order valence-electron chi connectivity index (χ2n) is 4.71. The number of nitrogens with zero attached hydrogens (tertiary/aromatic N) is 2. The summed E-state index contributed by atoms with van der Waals surface area (Å²) < 4.78 is 0. The summed E-state index contributed by atoms with van der Waals surface area (Å²) in [6.07, 6.45) is 5.20. The molecule has 1 aromatic rings. The van der Waals surface area contributed by atoms with Crippen LogP contribution in [0.15, 0.2) is 18.3 Å². The number of rotatable bonds is 3. The molecule has 1 atom stereocenters. The molecule has 0 aliphatic carbocycles. The molecule has 0 bridgehead atoms. The number of likely N-dealkylation sites (tertiary alicyclic amines) is 1. The lowest BCUT2D eigenvalue weighted by Gasteiger charge is -2.32. The third-order valence-electron chi connectivity index (χ3n) is 3.32. The van der Waals surface area contributed by atoms with E-state index in [1.807, 2.05) is 0 Å². The quantitative estimate of drug-likeness (QED) is 0.856. The van der Waals surface area contributed by atoms with Gasteiger partial charge in [-0.15, -0.1) is 0 Å². The van der Waals surface area contributed by atoms with Gasteiger partial charge in [0.25, 0.3) is 0 Å². The molecule has 0 unspecified atom stereocenters. The first-order valence-corrected chi connectivity index (χ1v) is 6.69. The molecule has 98 valence electrons. The predicted octanol–water partition coefficient (Wildman–Crippen LogP) is 2.55. The van der Waals surface area contributed by atoms with Gasteiger partial charge in [-0.05, 0) is 38.4 Å². The van der Waals surface area contributed by atoms with Gasteiger partial charge in [-0.2, -0.15) is 0 Å². The molecule has 1 aliphatic heterocycles. The van der Waals surface area contributed by atoms with E-state index in [0.29, 0.717) is 23.4 Å². The number of amides is 1. The Bertz CT molecular complexity index is 424. The highest BCUT2D eigenvalue weighted by Gasteiger charge is 2.20. The Labute approximate surface area is 112 Å². The first kappa shape index (κ1) is 13.3. The molecule has 0 aromatic carbocycles. The van der Waals surface area contributed by atoms with E-state index in [2.05, 4.69) is 22.1 Å². The maximum Gasteiger partial charge on any atom is 0.238 e. The molecule has 1 fully saturated rings. The molecule has 1 aliphatic rings. The van der Waals surface area contributed by atoms with E-state index >= 15 is 0 Å². The van der Waals surface area contributed by atoms with Gasteiger partial charge in [-0.25, -0.2) is 4.98 Å². The minimum Gasteiger partial charge on any atom is -0.322 e. The molecule has 2 rings (SSSR count). The summed E-state index contributed by atoms with van der Waals surface area (Å²) in [5, 5.41) is 3.13. The highest BCUT2D eigenvalue weighted by molar-refractivity contribution is 6.32. The maximum atomic E-state index is 11.9. The van der Waals surface area contributed by atoms with Crippen molar-refractivity contribution in [3.05, 3.63) is 23.5 Å². The maximum absolute atomic E-state index is 11.9. The van der Waals surface area contributed by atoms with E-state index in [4.69, 9.17) is 11.6 Å². The minimum absolute atomic E-state index is 0.0290. The van der Waals surface area contributed by atoms with E-state index in [9.17, 15) is 4.79 Å². The topological polar surface area (TPSA) is 45.2 Å². The van der Waals surface area contributed by atoms with E-state index in [1.165, 1.54) is 19.3 Å². The fraction of sp³-hybridized carbons (Fsp3) is 0.538. The van der Waals surface area contributed by atoms with Gasteiger partial charge < -0.3 is 5.32 Å². The lowest BCUT2D eigenvalue weighted by atomic mass is 10.0. The van der Waals surface area contributed by atoms with Crippen molar-refractivity contribution in [2.24, 2.45) is 0 Å². The van der Waals surface area contributed by atoms with Gasteiger partial charge in [0, 0.05) is 12.2 Å². The van der Waals surface area contributed by atoms with E-state index in [0.717, 1.165) is 6.54 Å². The number of halogens is 1. The number of hydrogen-bond acceptors (Lipinski definition) is 3. The van der Waals surface area contributed by atoms with Crippen LogP contribution in [0.1, 0.15) is 26.2 Å². The van der Waals surface area contributed by atoms with Crippen LogP contribution in [0, 0.1) is 0 Å². The van der Waals surface area contributed by atoms with Crippen LogP contribution in [0.25, 0.3) is 0 Å². The van der Waals surface area contributed by atoms with Crippen molar-refractivity contribution in [1.29, 1.82) is 0 Å². The van der Waals surface area contributed by atoms with Crippen LogP contribution in [0.3, 0.4) is 0 Å². The molecular weight excluding hydrogens is 250 g/mol. The highest BCUT2D eigenvalue weighted by atomic mass is 35.5. The molecule has 4 nitrogen and oxygen atoms in total. The molecule has 0 radical (unpaired) electrons. The second-order valence-corrected chi connectivity index (χ2v) is 5.06. The summed E-state index contributed by atoms with van der Waals surface area (Å²) in [5.41, 5.74) is 0.578. The smallest absolute Gasteiger partial charge is 0.238 e. The Morgan fingerprint density at radius 3 is 3.17 bits per heavy atom. The van der Waals surface area contributed by atoms with Crippen LogP contribution in [0.2, 0.25) is 5.15 Å². The van der Waals surface area contributed by atoms with Gasteiger partial charge in [0.15, 0.2) is 5.15 Å². The molecule has 18 heavy (non-hydrogen) atoms. The van der Waals surface area contributed by atoms with Gasteiger partial charge in [0.2, 0.25) is 5.91 Å². The van der Waals surface area contributed by atoms with Crippen molar-refractivity contribution in [3.8, 4) is 0 Å². The first-order valence-electron chi connectivity index (χ1n) is 6.31. The number of carbonyl (C=O) groups excluding carboxylic acids is 1. The average Bonchev–Trinajstić information content (AvgIpc) is 2.35. The fourth-order valence-electron chi connectivity index (χ4n) is 2.25. The van der Waals surface area contributed by atoms with Crippen molar-refractivity contribution in [3.63, 3.8) is 0 Å². The monoisotopic (exact) mass is 267 g/mol. The third kappa shape index (κ3) is 3.43.